The minimum Gasteiger partial charge on any atom is -0.462 e. The number of hydrogen-bond donors (Lipinski definition) is 2. The number of carbonyl (C=O) groups is 3. The van der Waals surface area contributed by atoms with Gasteiger partial charge in [0.15, 0.2) is 5.82 Å². The van der Waals surface area contributed by atoms with Gasteiger partial charge in [0.2, 0.25) is 6.41 Å². The summed E-state index contributed by atoms with van der Waals surface area (Å²) in [6.07, 6.45) is 2.02. The summed E-state index contributed by atoms with van der Waals surface area (Å²) >= 11 is 6.54. The van der Waals surface area contributed by atoms with Gasteiger partial charge in [-0.2, -0.15) is 5.10 Å². The van der Waals surface area contributed by atoms with Gasteiger partial charge in [0, 0.05) is 29.8 Å². The predicted octanol–water partition coefficient (Wildman–Crippen LogP) is 5.28. The normalized spacial score (nSPS) is 11.0. The predicted molar refractivity (Wildman–Crippen MR) is 155 cm³/mol. The van der Waals surface area contributed by atoms with E-state index < -0.39 is 11.9 Å². The fourth-order valence-electron chi connectivity index (χ4n) is 3.72. The van der Waals surface area contributed by atoms with Gasteiger partial charge in [-0.25, -0.2) is 14.5 Å². The Bertz CT molecular complexity index is 1580. The molecular formula is C29H29ClN6O5. The highest BCUT2D eigenvalue weighted by molar-refractivity contribution is 6.33. The second kappa shape index (κ2) is 12.1. The second-order valence-electron chi connectivity index (χ2n) is 9.89. The van der Waals surface area contributed by atoms with Crippen LogP contribution in [0.2, 0.25) is 5.02 Å². The molecule has 0 aliphatic heterocycles. The minimum atomic E-state index is -0.675. The fraction of sp³-hybridized carbons (Fsp3) is 0.207. The largest absolute Gasteiger partial charge is 0.462 e. The van der Waals surface area contributed by atoms with Crippen molar-refractivity contribution in [1.29, 1.82) is 0 Å². The molecular weight excluding hydrogens is 548 g/mol. The summed E-state index contributed by atoms with van der Waals surface area (Å²) in [5, 5.41) is 6.26. The van der Waals surface area contributed by atoms with Crippen molar-refractivity contribution in [3.8, 4) is 17.2 Å². The summed E-state index contributed by atoms with van der Waals surface area (Å²) in [5.41, 5.74) is 10.2. The van der Waals surface area contributed by atoms with Crippen molar-refractivity contribution in [2.75, 3.05) is 17.0 Å². The van der Waals surface area contributed by atoms with E-state index in [0.717, 1.165) is 5.69 Å². The lowest BCUT2D eigenvalue weighted by molar-refractivity contribution is -0.107. The lowest BCUT2D eigenvalue weighted by Crippen LogP contribution is -2.30. The molecule has 212 valence electrons. The van der Waals surface area contributed by atoms with Crippen LogP contribution in [0, 0.1) is 0 Å². The monoisotopic (exact) mass is 576 g/mol. The summed E-state index contributed by atoms with van der Waals surface area (Å²) in [5.74, 6) is 0.0617. The fourth-order valence-corrected chi connectivity index (χ4v) is 3.93. The Labute approximate surface area is 241 Å². The molecule has 0 atom stereocenters. The number of nitrogens with zero attached hydrogens (tertiary/aromatic N) is 4. The average Bonchev–Trinajstić information content (AvgIpc) is 3.39. The number of carbonyl (C=O) groups excluding carboxylic acids is 3. The number of aromatic nitrogens is 3. The number of benzene rings is 2. The molecule has 0 saturated carbocycles. The summed E-state index contributed by atoms with van der Waals surface area (Å²) in [6, 6.07) is 16.4. The van der Waals surface area contributed by atoms with Crippen LogP contribution in [0.5, 0.6) is 11.5 Å². The van der Waals surface area contributed by atoms with E-state index in [2.05, 4.69) is 10.4 Å². The molecule has 4 rings (SSSR count). The van der Waals surface area contributed by atoms with Crippen molar-refractivity contribution >= 4 is 41.4 Å². The van der Waals surface area contributed by atoms with E-state index in [9.17, 15) is 14.4 Å². The Morgan fingerprint density at radius 1 is 1.07 bits per heavy atom. The van der Waals surface area contributed by atoms with E-state index in [4.69, 9.17) is 31.9 Å². The molecule has 0 radical (unpaired) electrons. The van der Waals surface area contributed by atoms with Gasteiger partial charge in [0.05, 0.1) is 34.3 Å². The van der Waals surface area contributed by atoms with E-state index in [-0.39, 0.29) is 22.7 Å². The molecule has 0 saturated heterocycles. The van der Waals surface area contributed by atoms with E-state index in [0.29, 0.717) is 40.7 Å². The molecule has 2 heterocycles. The van der Waals surface area contributed by atoms with Crippen LogP contribution in [0.25, 0.3) is 5.69 Å². The quantitative estimate of drug-likeness (QED) is 0.148. The minimum absolute atomic E-state index is 0.0651. The Hall–Kier alpha value is -4.90. The zero-order chi connectivity index (χ0) is 29.7. The van der Waals surface area contributed by atoms with Gasteiger partial charge in [-0.3, -0.25) is 20.0 Å². The number of amides is 2. The Morgan fingerprint density at radius 2 is 1.78 bits per heavy atom. The topological polar surface area (TPSA) is 142 Å². The molecule has 0 unspecified atom stereocenters. The molecule has 41 heavy (non-hydrogen) atoms. The van der Waals surface area contributed by atoms with E-state index in [1.54, 1.807) is 66.2 Å². The standard InChI is InChI=1S/C29H29ClN6O5/c1-5-40-28(39)18-6-8-19(9-7-18)36-26(16-25(34-36)29(2,3)4)35(17-37)33-23-11-10-20(14-22(23)30)41-21-12-13-32-24(15-21)27(31)38/h6-17,33H,5H2,1-4H3,(H2,31,38). The van der Waals surface area contributed by atoms with Crippen molar-refractivity contribution in [2.45, 2.75) is 33.1 Å². The van der Waals surface area contributed by atoms with Crippen LogP contribution in [0.4, 0.5) is 11.5 Å². The maximum Gasteiger partial charge on any atom is 0.338 e. The number of nitrogens with one attached hydrogen (secondary N) is 1. The Kier molecular flexibility index (Phi) is 8.58. The Morgan fingerprint density at radius 3 is 2.39 bits per heavy atom. The number of pyridine rings is 1. The molecule has 11 nitrogen and oxygen atoms in total. The molecule has 0 spiro atoms. The van der Waals surface area contributed by atoms with Gasteiger partial charge in [0.1, 0.15) is 17.2 Å². The molecule has 4 aromatic rings. The van der Waals surface area contributed by atoms with Crippen LogP contribution in [0.1, 0.15) is 54.2 Å². The number of anilines is 2. The first kappa shape index (κ1) is 29.1. The van der Waals surface area contributed by atoms with Crippen LogP contribution >= 0.6 is 11.6 Å². The number of hydrazine groups is 1. The number of nitrogens with two attached hydrogens (primary N) is 1. The number of primary amides is 1. The molecule has 0 bridgehead atoms. The molecule has 12 heteroatoms. The van der Waals surface area contributed by atoms with E-state index >= 15 is 0 Å². The molecule has 0 aliphatic carbocycles. The first-order valence-corrected chi connectivity index (χ1v) is 13.0. The zero-order valence-electron chi connectivity index (χ0n) is 22.9. The van der Waals surface area contributed by atoms with Crippen molar-refractivity contribution in [2.24, 2.45) is 5.73 Å². The van der Waals surface area contributed by atoms with Crippen LogP contribution in [-0.4, -0.2) is 39.7 Å². The number of esters is 1. The van der Waals surface area contributed by atoms with Gasteiger partial charge in [-0.15, -0.1) is 0 Å². The Balaban J connectivity index is 1.62. The molecule has 0 aliphatic rings. The highest BCUT2D eigenvalue weighted by Gasteiger charge is 2.24. The molecule has 0 fully saturated rings. The lowest BCUT2D eigenvalue weighted by Gasteiger charge is -2.21. The number of rotatable bonds is 10. The maximum atomic E-state index is 12.3. The third kappa shape index (κ3) is 6.82. The first-order chi connectivity index (χ1) is 19.5. The van der Waals surface area contributed by atoms with Gasteiger partial charge in [0.25, 0.3) is 5.91 Å². The average molecular weight is 577 g/mol. The molecule has 2 aromatic heterocycles. The molecule has 2 aromatic carbocycles. The maximum absolute atomic E-state index is 12.3. The van der Waals surface area contributed by atoms with Crippen molar-refractivity contribution in [3.05, 3.63) is 88.8 Å². The van der Waals surface area contributed by atoms with Crippen LogP contribution in [-0.2, 0) is 14.9 Å². The molecule has 3 N–H and O–H groups in total. The summed E-state index contributed by atoms with van der Waals surface area (Å²) in [4.78, 5) is 39.7. The van der Waals surface area contributed by atoms with Crippen LogP contribution in [0.15, 0.2) is 66.9 Å². The molecule has 2 amide bonds. The number of halogens is 1. The van der Waals surface area contributed by atoms with Crippen LogP contribution < -0.4 is 20.9 Å². The van der Waals surface area contributed by atoms with Crippen molar-refractivity contribution in [3.63, 3.8) is 0 Å². The zero-order valence-corrected chi connectivity index (χ0v) is 23.7. The third-order valence-electron chi connectivity index (χ3n) is 5.84. The van der Waals surface area contributed by atoms with E-state index in [1.165, 1.54) is 17.3 Å². The highest BCUT2D eigenvalue weighted by Crippen LogP contribution is 2.32. The smallest absolute Gasteiger partial charge is 0.338 e. The van der Waals surface area contributed by atoms with Crippen molar-refractivity contribution in [1.82, 2.24) is 14.8 Å². The van der Waals surface area contributed by atoms with Crippen LogP contribution in [0.3, 0.4) is 0 Å². The second-order valence-corrected chi connectivity index (χ2v) is 10.3. The highest BCUT2D eigenvalue weighted by atomic mass is 35.5. The van der Waals surface area contributed by atoms with Gasteiger partial charge >= 0.3 is 5.97 Å². The van der Waals surface area contributed by atoms with Gasteiger partial charge in [-0.05, 0) is 49.4 Å². The summed E-state index contributed by atoms with van der Waals surface area (Å²) < 4.78 is 12.5. The number of hydrogen-bond acceptors (Lipinski definition) is 8. The lowest BCUT2D eigenvalue weighted by atomic mass is 9.92. The van der Waals surface area contributed by atoms with E-state index in [1.807, 2.05) is 20.8 Å². The first-order valence-electron chi connectivity index (χ1n) is 12.6. The third-order valence-corrected chi connectivity index (χ3v) is 6.15. The summed E-state index contributed by atoms with van der Waals surface area (Å²) in [7, 11) is 0. The van der Waals surface area contributed by atoms with Gasteiger partial charge in [-0.1, -0.05) is 32.4 Å². The number of ether oxygens (including phenoxy) is 2. The van der Waals surface area contributed by atoms with Crippen molar-refractivity contribution < 1.29 is 23.9 Å². The SMILES string of the molecule is CCOC(=O)c1ccc(-n2nc(C(C)(C)C)cc2N(C=O)Nc2ccc(Oc3ccnc(C(N)=O)c3)cc2Cl)cc1. The van der Waals surface area contributed by atoms with Gasteiger partial charge < -0.3 is 15.2 Å². The summed E-state index contributed by atoms with van der Waals surface area (Å²) in [6.45, 7) is 8.05.